The maximum absolute atomic E-state index is 9.51. The molecule has 0 spiro atoms. The second kappa shape index (κ2) is 6.14. The molecule has 1 aromatic rings. The van der Waals surface area contributed by atoms with Gasteiger partial charge in [-0.3, -0.25) is 4.79 Å². The summed E-state index contributed by atoms with van der Waals surface area (Å²) in [7, 11) is 0. The van der Waals surface area contributed by atoms with Gasteiger partial charge in [0.2, 0.25) is 5.91 Å². The van der Waals surface area contributed by atoms with Crippen molar-refractivity contribution in [1.82, 2.24) is 19.2 Å². The van der Waals surface area contributed by atoms with Crippen molar-refractivity contribution in [1.29, 1.82) is 0 Å². The molecule has 0 radical (unpaired) electrons. The Morgan fingerprint density at radius 3 is 2.45 bits per heavy atom. The van der Waals surface area contributed by atoms with E-state index in [-0.39, 0.29) is 11.7 Å². The normalized spacial score (nSPS) is 8.18. The van der Waals surface area contributed by atoms with Crippen LogP contribution in [0.2, 0.25) is 0 Å². The summed E-state index contributed by atoms with van der Waals surface area (Å²) in [5.74, 6) is -0.242. The van der Waals surface area contributed by atoms with Crippen LogP contribution in [0.3, 0.4) is 0 Å². The monoisotopic (exact) mass is 241 g/mol. The molecule has 0 saturated carbocycles. The van der Waals surface area contributed by atoms with E-state index in [1.807, 2.05) is 0 Å². The second-order valence-electron chi connectivity index (χ2n) is 1.35. The molecule has 0 fully saturated rings. The van der Waals surface area contributed by atoms with E-state index in [0.717, 1.165) is 0 Å². The van der Waals surface area contributed by atoms with Crippen LogP contribution in [0.5, 0.6) is 0 Å². The van der Waals surface area contributed by atoms with Crippen LogP contribution in [-0.4, -0.2) is 47.1 Å². The number of thiol groups is 1. The Morgan fingerprint density at radius 2 is 2.36 bits per heavy atom. The molecule has 1 heterocycles. The molecular weight excluding hydrogens is 233 g/mol. The van der Waals surface area contributed by atoms with Crippen molar-refractivity contribution in [3.05, 3.63) is 6.33 Å². The van der Waals surface area contributed by atoms with E-state index in [9.17, 15) is 4.79 Å². The van der Waals surface area contributed by atoms with E-state index < -0.39 is 0 Å². The number of carbonyl (C=O) groups excluding carboxylic acids is 1. The third-order valence-corrected chi connectivity index (χ3v) is 1.19. The minimum atomic E-state index is -0.381. The van der Waals surface area contributed by atoms with E-state index >= 15 is 0 Å². The first-order valence-corrected chi connectivity index (χ1v) is 3.95. The molecule has 0 aliphatic carbocycles. The van der Waals surface area contributed by atoms with Gasteiger partial charge in [0.1, 0.15) is 0 Å². The van der Waals surface area contributed by atoms with Crippen molar-refractivity contribution in [3.8, 4) is 0 Å². The molecule has 1 amide bonds. The predicted octanol–water partition coefficient (Wildman–Crippen LogP) is -2.26. The maximum atomic E-state index is 9.51. The van der Waals surface area contributed by atoms with Gasteiger partial charge in [0.05, 0.1) is 5.75 Å². The summed E-state index contributed by atoms with van der Waals surface area (Å²) in [6, 6.07) is 0. The third kappa shape index (κ3) is 7.30. The van der Waals surface area contributed by atoms with Crippen molar-refractivity contribution in [2.24, 2.45) is 5.73 Å². The molecule has 2 N–H and O–H groups in total. The summed E-state index contributed by atoms with van der Waals surface area (Å²) >= 11 is 5.70. The number of tetrazole rings is 1. The topological polar surface area (TPSA) is 86.7 Å². The number of primary amides is 1. The Hall–Kier alpha value is -0.591. The number of nitrogens with zero attached hydrogens (tertiary/aromatic N) is 4. The van der Waals surface area contributed by atoms with Crippen molar-refractivity contribution in [3.63, 3.8) is 0 Å². The van der Waals surface area contributed by atoms with Crippen molar-refractivity contribution in [2.45, 2.75) is 0 Å². The molecule has 0 aliphatic rings. The Morgan fingerprint density at radius 1 is 1.82 bits per heavy atom. The number of nitrogens with two attached hydrogens (primary N) is 1. The van der Waals surface area contributed by atoms with Gasteiger partial charge >= 0.3 is 41.8 Å². The number of rotatable bonds is 1. The molecule has 0 saturated heterocycles. The molecule has 0 aliphatic heterocycles. The SMILES string of the molecule is NC(=O)CS.[SeH]n1cnnn1. The number of amides is 1. The van der Waals surface area contributed by atoms with Crippen LogP contribution in [0.1, 0.15) is 0 Å². The van der Waals surface area contributed by atoms with Crippen molar-refractivity contribution >= 4 is 34.8 Å². The molecule has 62 valence electrons. The quantitative estimate of drug-likeness (QED) is 0.428. The molecule has 6 nitrogen and oxygen atoms in total. The van der Waals surface area contributed by atoms with Crippen LogP contribution in [0.25, 0.3) is 0 Å². The van der Waals surface area contributed by atoms with Gasteiger partial charge in [-0.2, -0.15) is 12.6 Å². The summed E-state index contributed by atoms with van der Waals surface area (Å²) in [6.45, 7) is 0. The first-order chi connectivity index (χ1) is 5.16. The fourth-order valence-electron chi connectivity index (χ4n) is 0.156. The zero-order chi connectivity index (χ0) is 8.69. The molecule has 8 heteroatoms. The van der Waals surface area contributed by atoms with Gasteiger partial charge in [0.15, 0.2) is 0 Å². The van der Waals surface area contributed by atoms with Gasteiger partial charge in [-0.25, -0.2) is 0 Å². The van der Waals surface area contributed by atoms with E-state index in [2.05, 4.69) is 50.1 Å². The fraction of sp³-hybridized carbons (Fsp3) is 0.333. The van der Waals surface area contributed by atoms with Gasteiger partial charge in [-0.1, -0.05) is 0 Å². The van der Waals surface area contributed by atoms with Gasteiger partial charge in [-0.05, 0) is 0 Å². The zero-order valence-electron chi connectivity index (χ0n) is 5.45. The first-order valence-electron chi connectivity index (χ1n) is 2.48. The van der Waals surface area contributed by atoms with Crippen LogP contribution in [0.4, 0.5) is 0 Å². The number of hydrogen-bond donors (Lipinski definition) is 2. The van der Waals surface area contributed by atoms with E-state index in [4.69, 9.17) is 0 Å². The summed E-state index contributed by atoms with van der Waals surface area (Å²) in [5.41, 5.74) is 4.58. The van der Waals surface area contributed by atoms with E-state index in [0.29, 0.717) is 0 Å². The minimum absolute atomic E-state index is 0.139. The molecule has 0 aromatic carbocycles. The molecule has 1 rings (SSSR count). The Labute approximate surface area is 77.0 Å². The van der Waals surface area contributed by atoms with Crippen LogP contribution in [0.15, 0.2) is 6.33 Å². The summed E-state index contributed by atoms with van der Waals surface area (Å²) in [4.78, 5) is 9.51. The first kappa shape index (κ1) is 10.4. The van der Waals surface area contributed by atoms with Gasteiger partial charge in [0, 0.05) is 0 Å². The van der Waals surface area contributed by atoms with Crippen molar-refractivity contribution in [2.75, 3.05) is 5.75 Å². The number of carbonyl (C=O) groups is 1. The molecule has 11 heavy (non-hydrogen) atoms. The molecule has 0 unspecified atom stereocenters. The Bertz CT molecular complexity index is 202. The van der Waals surface area contributed by atoms with Crippen LogP contribution >= 0.6 is 12.6 Å². The van der Waals surface area contributed by atoms with Crippen LogP contribution in [-0.2, 0) is 4.79 Å². The molecule has 1 aromatic heterocycles. The zero-order valence-corrected chi connectivity index (χ0v) is 8.22. The summed E-state index contributed by atoms with van der Waals surface area (Å²) < 4.78 is 1.47. The molecule has 0 atom stereocenters. The predicted molar refractivity (Wildman–Crippen MR) is 43.4 cm³/mol. The number of hydrogen-bond acceptors (Lipinski definition) is 5. The van der Waals surface area contributed by atoms with Gasteiger partial charge < -0.3 is 5.73 Å². The standard InChI is InChI=1S/C2H5NOS.CH2N4Se/c3-2(4)1-5;6-5-1-2-3-4-5/h5H,1H2,(H2,3,4);1,6H. The van der Waals surface area contributed by atoms with Crippen LogP contribution < -0.4 is 5.73 Å². The second-order valence-corrected chi connectivity index (χ2v) is 2.53. The van der Waals surface area contributed by atoms with Gasteiger partial charge in [0.25, 0.3) is 0 Å². The number of aromatic nitrogens is 4. The Balaban J connectivity index is 0.000000187. The van der Waals surface area contributed by atoms with Gasteiger partial charge in [-0.15, -0.1) is 0 Å². The third-order valence-electron chi connectivity index (χ3n) is 0.494. The van der Waals surface area contributed by atoms with Crippen LogP contribution in [0, 0.1) is 0 Å². The van der Waals surface area contributed by atoms with Crippen molar-refractivity contribution < 1.29 is 4.79 Å². The molecule has 0 bridgehead atoms. The van der Waals surface area contributed by atoms with E-state index in [1.165, 1.54) is 10.0 Å². The average molecular weight is 240 g/mol. The van der Waals surface area contributed by atoms with E-state index in [1.54, 1.807) is 0 Å². The molecular formula is C3H7N5OSSe. The summed E-state index contributed by atoms with van der Waals surface area (Å²) in [5, 5.41) is 10.1. The Kier molecular flexibility index (Phi) is 5.81. The summed E-state index contributed by atoms with van der Waals surface area (Å²) in [6.07, 6.45) is 1.50. The fourth-order valence-corrected chi connectivity index (χ4v) is 0.328. The average Bonchev–Trinajstić information content (AvgIpc) is 2.41.